The maximum atomic E-state index is 13.4. The molecule has 2 aliphatic rings. The highest BCUT2D eigenvalue weighted by atomic mass is 35.5. The molecular formula is C20H21ClFN7O2. The summed E-state index contributed by atoms with van der Waals surface area (Å²) in [6, 6.07) is 6.30. The molecule has 1 aliphatic carbocycles. The lowest BCUT2D eigenvalue weighted by Gasteiger charge is -2.26. The summed E-state index contributed by atoms with van der Waals surface area (Å²) in [4.78, 5) is 18.7. The molecule has 1 saturated heterocycles. The molecular weight excluding hydrogens is 425 g/mol. The van der Waals surface area contributed by atoms with Crippen LogP contribution in [0.5, 0.6) is 0 Å². The van der Waals surface area contributed by atoms with Crippen LogP contribution in [0.4, 0.5) is 16.0 Å². The number of benzene rings is 1. The summed E-state index contributed by atoms with van der Waals surface area (Å²) in [7, 11) is 0. The van der Waals surface area contributed by atoms with Crippen molar-refractivity contribution in [3.05, 3.63) is 46.9 Å². The Morgan fingerprint density at radius 2 is 2.32 bits per heavy atom. The summed E-state index contributed by atoms with van der Waals surface area (Å²) in [5.74, 6) is 0.194. The molecule has 1 aromatic carbocycles. The first-order valence-electron chi connectivity index (χ1n) is 10.0. The van der Waals surface area contributed by atoms with E-state index in [0.717, 1.165) is 32.7 Å². The predicted octanol–water partition coefficient (Wildman–Crippen LogP) is 2.69. The average Bonchev–Trinajstić information content (AvgIpc) is 3.46. The van der Waals surface area contributed by atoms with Crippen LogP contribution in [0.2, 0.25) is 5.02 Å². The zero-order valence-corrected chi connectivity index (χ0v) is 17.2. The van der Waals surface area contributed by atoms with E-state index >= 15 is 0 Å². The van der Waals surface area contributed by atoms with Gasteiger partial charge in [-0.05, 0) is 30.7 Å². The van der Waals surface area contributed by atoms with Gasteiger partial charge in [-0.2, -0.15) is 4.98 Å². The molecule has 11 heteroatoms. The SMILES string of the molecule is ONC(=Nc1ccc(F)c(Cl)c1)c1ccnc2nc(NCCN3CCOC4CC43)[nH]c12. The summed E-state index contributed by atoms with van der Waals surface area (Å²) in [6.45, 7) is 3.36. The van der Waals surface area contributed by atoms with Crippen molar-refractivity contribution in [1.82, 2.24) is 25.3 Å². The minimum atomic E-state index is -0.538. The van der Waals surface area contributed by atoms with Crippen molar-refractivity contribution in [3.63, 3.8) is 0 Å². The highest BCUT2D eigenvalue weighted by Crippen LogP contribution is 2.34. The molecule has 1 aliphatic heterocycles. The van der Waals surface area contributed by atoms with Crippen molar-refractivity contribution in [2.45, 2.75) is 18.6 Å². The number of anilines is 1. The van der Waals surface area contributed by atoms with Gasteiger partial charge in [0.25, 0.3) is 0 Å². The zero-order valence-electron chi connectivity index (χ0n) is 16.5. The van der Waals surface area contributed by atoms with Gasteiger partial charge in [-0.3, -0.25) is 15.6 Å². The Kier molecular flexibility index (Phi) is 5.45. The van der Waals surface area contributed by atoms with E-state index in [4.69, 9.17) is 16.3 Å². The van der Waals surface area contributed by atoms with Gasteiger partial charge in [0.2, 0.25) is 5.95 Å². The first-order chi connectivity index (χ1) is 15.1. The van der Waals surface area contributed by atoms with E-state index in [-0.39, 0.29) is 10.9 Å². The fourth-order valence-electron chi connectivity index (χ4n) is 3.83. The molecule has 5 rings (SSSR count). The van der Waals surface area contributed by atoms with E-state index in [1.807, 2.05) is 0 Å². The standard InChI is InChI=1S/C20H21ClFN7O2/c21-13-9-11(1-2-14(13)22)25-18(28-30)12-3-4-23-19-17(12)26-20(27-19)24-5-6-29-7-8-31-16-10-15(16)29/h1-4,9,15-16,30H,5-8,10H2,(H,25,28)(H2,23,24,26,27). The number of halogens is 2. The van der Waals surface area contributed by atoms with Crippen LogP contribution in [0, 0.1) is 5.82 Å². The Labute approximate surface area is 182 Å². The molecule has 162 valence electrons. The van der Waals surface area contributed by atoms with Crippen LogP contribution < -0.4 is 10.8 Å². The van der Waals surface area contributed by atoms with Crippen molar-refractivity contribution >= 4 is 40.2 Å². The number of ether oxygens (including phenoxy) is 1. The van der Waals surface area contributed by atoms with Gasteiger partial charge in [0, 0.05) is 37.4 Å². The Bertz CT molecular complexity index is 1140. The van der Waals surface area contributed by atoms with E-state index in [9.17, 15) is 9.60 Å². The highest BCUT2D eigenvalue weighted by molar-refractivity contribution is 6.31. The molecule has 9 nitrogen and oxygen atoms in total. The first kappa shape index (κ1) is 20.1. The third-order valence-corrected chi connectivity index (χ3v) is 5.76. The lowest BCUT2D eigenvalue weighted by Crippen LogP contribution is -2.39. The number of fused-ring (bicyclic) bond motifs is 2. The van der Waals surface area contributed by atoms with Crippen LogP contribution in [0.15, 0.2) is 35.5 Å². The van der Waals surface area contributed by atoms with E-state index in [1.54, 1.807) is 12.3 Å². The second kappa shape index (κ2) is 8.39. The van der Waals surface area contributed by atoms with Gasteiger partial charge in [0.1, 0.15) is 5.82 Å². The minimum absolute atomic E-state index is 0.0516. The molecule has 2 fully saturated rings. The van der Waals surface area contributed by atoms with Crippen LogP contribution in [0.3, 0.4) is 0 Å². The van der Waals surface area contributed by atoms with E-state index in [0.29, 0.717) is 40.5 Å². The van der Waals surface area contributed by atoms with Gasteiger partial charge in [0.15, 0.2) is 11.5 Å². The number of amidine groups is 1. The molecule has 2 unspecified atom stereocenters. The minimum Gasteiger partial charge on any atom is -0.375 e. The van der Waals surface area contributed by atoms with E-state index in [1.165, 1.54) is 18.2 Å². The number of hydrogen-bond donors (Lipinski definition) is 4. The Hall–Kier alpha value is -2.79. The monoisotopic (exact) mass is 445 g/mol. The van der Waals surface area contributed by atoms with E-state index in [2.05, 4.69) is 35.6 Å². The van der Waals surface area contributed by atoms with Crippen molar-refractivity contribution in [3.8, 4) is 0 Å². The molecule has 1 saturated carbocycles. The maximum absolute atomic E-state index is 13.4. The van der Waals surface area contributed by atoms with Crippen LogP contribution in [0.25, 0.3) is 11.2 Å². The summed E-state index contributed by atoms with van der Waals surface area (Å²) in [5, 5.41) is 12.9. The van der Waals surface area contributed by atoms with Gasteiger partial charge >= 0.3 is 0 Å². The number of aromatic nitrogens is 3. The largest absolute Gasteiger partial charge is 0.375 e. The molecule has 3 heterocycles. The summed E-state index contributed by atoms with van der Waals surface area (Å²) >= 11 is 5.83. The number of morpholine rings is 1. The average molecular weight is 446 g/mol. The molecule has 31 heavy (non-hydrogen) atoms. The maximum Gasteiger partial charge on any atom is 0.202 e. The Morgan fingerprint density at radius 1 is 1.42 bits per heavy atom. The second-order valence-corrected chi connectivity index (χ2v) is 7.90. The fourth-order valence-corrected chi connectivity index (χ4v) is 4.00. The Balaban J connectivity index is 1.34. The molecule has 0 spiro atoms. The molecule has 4 N–H and O–H groups in total. The number of nitrogens with zero attached hydrogens (tertiary/aromatic N) is 4. The van der Waals surface area contributed by atoms with Gasteiger partial charge in [-0.15, -0.1) is 0 Å². The lowest BCUT2D eigenvalue weighted by molar-refractivity contribution is 0.0330. The number of pyridine rings is 1. The smallest absolute Gasteiger partial charge is 0.202 e. The van der Waals surface area contributed by atoms with Crippen LogP contribution in [0.1, 0.15) is 12.0 Å². The van der Waals surface area contributed by atoms with Gasteiger partial charge < -0.3 is 15.0 Å². The lowest BCUT2D eigenvalue weighted by atomic mass is 10.2. The number of nitrogens with one attached hydrogen (secondary N) is 3. The first-order valence-corrected chi connectivity index (χ1v) is 10.4. The normalized spacial score (nSPS) is 21.2. The van der Waals surface area contributed by atoms with Crippen molar-refractivity contribution in [2.24, 2.45) is 4.99 Å². The van der Waals surface area contributed by atoms with Crippen LogP contribution >= 0.6 is 11.6 Å². The van der Waals surface area contributed by atoms with Gasteiger partial charge in [-0.25, -0.2) is 14.4 Å². The van der Waals surface area contributed by atoms with Crippen molar-refractivity contribution in [2.75, 3.05) is 31.6 Å². The summed E-state index contributed by atoms with van der Waals surface area (Å²) in [5.41, 5.74) is 4.12. The summed E-state index contributed by atoms with van der Waals surface area (Å²) < 4.78 is 19.0. The third kappa shape index (κ3) is 4.19. The third-order valence-electron chi connectivity index (χ3n) is 5.47. The number of rotatable bonds is 6. The van der Waals surface area contributed by atoms with Crippen LogP contribution in [-0.2, 0) is 4.74 Å². The molecule has 3 aromatic rings. The molecule has 2 atom stereocenters. The molecule has 0 radical (unpaired) electrons. The Morgan fingerprint density at radius 3 is 3.16 bits per heavy atom. The molecule has 0 bridgehead atoms. The van der Waals surface area contributed by atoms with Crippen LogP contribution in [-0.4, -0.2) is 69.3 Å². The number of H-pyrrole nitrogens is 1. The zero-order chi connectivity index (χ0) is 21.4. The predicted molar refractivity (Wildman–Crippen MR) is 115 cm³/mol. The van der Waals surface area contributed by atoms with E-state index < -0.39 is 5.82 Å². The van der Waals surface area contributed by atoms with Gasteiger partial charge in [0.05, 0.1) is 28.9 Å². The fraction of sp³-hybridized carbons (Fsp3) is 0.350. The number of hydroxylamine groups is 1. The molecule has 2 aromatic heterocycles. The number of imidazole rings is 1. The summed E-state index contributed by atoms with van der Waals surface area (Å²) in [6.07, 6.45) is 3.10. The van der Waals surface area contributed by atoms with Crippen molar-refractivity contribution < 1.29 is 14.3 Å². The second-order valence-electron chi connectivity index (χ2n) is 7.49. The number of aromatic amines is 1. The van der Waals surface area contributed by atoms with Crippen molar-refractivity contribution in [1.29, 1.82) is 0 Å². The molecule has 0 amide bonds. The number of hydrogen-bond acceptors (Lipinski definition) is 7. The highest BCUT2D eigenvalue weighted by Gasteiger charge is 2.45. The number of aliphatic imine (C=N–C) groups is 1. The van der Waals surface area contributed by atoms with Gasteiger partial charge in [-0.1, -0.05) is 11.6 Å². The topological polar surface area (TPSA) is 111 Å². The quantitative estimate of drug-likeness (QED) is 0.262.